The lowest BCUT2D eigenvalue weighted by Crippen LogP contribution is -2.34. The van der Waals surface area contributed by atoms with Gasteiger partial charge in [-0.25, -0.2) is 14.4 Å². The number of hydrogen-bond acceptors (Lipinski definition) is 5. The number of nitrogens with two attached hydrogens (primary N) is 1. The highest BCUT2D eigenvalue weighted by atomic mass is 19.1. The van der Waals surface area contributed by atoms with Gasteiger partial charge >= 0.3 is 0 Å². The van der Waals surface area contributed by atoms with Crippen molar-refractivity contribution in [2.75, 3.05) is 17.7 Å². The van der Waals surface area contributed by atoms with Crippen molar-refractivity contribution in [3.05, 3.63) is 46.5 Å². The first kappa shape index (κ1) is 17.6. The van der Waals surface area contributed by atoms with Crippen molar-refractivity contribution in [2.45, 2.75) is 37.7 Å². The summed E-state index contributed by atoms with van der Waals surface area (Å²) in [6.45, 7) is 0.699. The number of carbonyl (C=O) groups excluding carboxylic acids is 1. The number of nitrogens with one attached hydrogen (secondary N) is 1. The second-order valence-electron chi connectivity index (χ2n) is 6.93. The van der Waals surface area contributed by atoms with Crippen LogP contribution in [0.15, 0.2) is 24.5 Å². The van der Waals surface area contributed by atoms with Crippen molar-refractivity contribution in [3.63, 3.8) is 0 Å². The zero-order valence-electron chi connectivity index (χ0n) is 14.8. The topological polar surface area (TPSA) is 90.1 Å². The molecule has 1 aliphatic carbocycles. The number of halogens is 1. The predicted octanol–water partition coefficient (Wildman–Crippen LogP) is 1.45. The van der Waals surface area contributed by atoms with E-state index < -0.39 is 5.82 Å². The molecule has 7 heteroatoms. The average Bonchev–Trinajstić information content (AvgIpc) is 3.14. The van der Waals surface area contributed by atoms with Gasteiger partial charge in [0.05, 0.1) is 17.9 Å². The van der Waals surface area contributed by atoms with Crippen LogP contribution in [0.4, 0.5) is 15.9 Å². The molecule has 1 aliphatic heterocycles. The summed E-state index contributed by atoms with van der Waals surface area (Å²) in [6.07, 6.45) is 8.15. The van der Waals surface area contributed by atoms with Gasteiger partial charge in [-0.15, -0.1) is 0 Å². The molecule has 0 saturated carbocycles. The van der Waals surface area contributed by atoms with Gasteiger partial charge in [0, 0.05) is 23.4 Å². The van der Waals surface area contributed by atoms with Crippen LogP contribution in [0.5, 0.6) is 0 Å². The van der Waals surface area contributed by atoms with E-state index in [0.29, 0.717) is 24.5 Å². The molecule has 27 heavy (non-hydrogen) atoms. The first-order valence-corrected chi connectivity index (χ1v) is 9.09. The molecule has 2 heterocycles. The number of anilines is 2. The molecule has 1 amide bonds. The third-order valence-electron chi connectivity index (χ3n) is 4.95. The Morgan fingerprint density at radius 1 is 1.33 bits per heavy atom. The molecule has 1 saturated heterocycles. The minimum atomic E-state index is -0.392. The predicted molar refractivity (Wildman–Crippen MR) is 101 cm³/mol. The Labute approximate surface area is 156 Å². The maximum atomic E-state index is 14.2. The maximum Gasteiger partial charge on any atom is 0.226 e. The Bertz CT molecular complexity index is 986. The summed E-state index contributed by atoms with van der Waals surface area (Å²) >= 11 is 0. The minimum absolute atomic E-state index is 0.0428. The van der Waals surface area contributed by atoms with Crippen LogP contribution in [-0.4, -0.2) is 28.6 Å². The Morgan fingerprint density at radius 2 is 2.22 bits per heavy atom. The average molecular weight is 368 g/mol. The highest BCUT2D eigenvalue weighted by molar-refractivity contribution is 5.91. The Balaban J connectivity index is 1.56. The van der Waals surface area contributed by atoms with Crippen LogP contribution < -0.4 is 21.6 Å². The smallest absolute Gasteiger partial charge is 0.226 e. The highest BCUT2D eigenvalue weighted by Crippen LogP contribution is 2.27. The molecule has 1 fully saturated rings. The SMILES string of the molecule is Nc1ncnc2c1=CC(c1cc(F)cc(NC(=O)CC3CCCO3)c1)CC=2. The lowest BCUT2D eigenvalue weighted by molar-refractivity contribution is -0.118. The Morgan fingerprint density at radius 3 is 3.04 bits per heavy atom. The van der Waals surface area contributed by atoms with Crippen LogP contribution in [0.2, 0.25) is 0 Å². The second kappa shape index (κ2) is 7.44. The van der Waals surface area contributed by atoms with Gasteiger partial charge in [-0.2, -0.15) is 0 Å². The largest absolute Gasteiger partial charge is 0.383 e. The molecule has 1 aromatic carbocycles. The van der Waals surface area contributed by atoms with Gasteiger partial charge in [-0.1, -0.05) is 12.2 Å². The number of rotatable bonds is 4. The normalized spacial score (nSPS) is 21.1. The monoisotopic (exact) mass is 368 g/mol. The molecule has 140 valence electrons. The molecular weight excluding hydrogens is 347 g/mol. The van der Waals surface area contributed by atoms with Gasteiger partial charge in [0.1, 0.15) is 18.0 Å². The zero-order chi connectivity index (χ0) is 18.8. The number of carbonyl (C=O) groups is 1. The quantitative estimate of drug-likeness (QED) is 0.853. The lowest BCUT2D eigenvalue weighted by atomic mass is 9.91. The van der Waals surface area contributed by atoms with Crippen molar-refractivity contribution in [3.8, 4) is 0 Å². The van der Waals surface area contributed by atoms with Gasteiger partial charge in [0.2, 0.25) is 5.91 Å². The van der Waals surface area contributed by atoms with Crippen molar-refractivity contribution in [2.24, 2.45) is 0 Å². The Kier molecular flexibility index (Phi) is 4.85. The van der Waals surface area contributed by atoms with E-state index in [-0.39, 0.29) is 24.3 Å². The molecule has 2 aromatic rings. The first-order valence-electron chi connectivity index (χ1n) is 9.09. The number of nitrogen functional groups attached to an aromatic ring is 1. The van der Waals surface area contributed by atoms with Crippen molar-refractivity contribution in [1.29, 1.82) is 0 Å². The van der Waals surface area contributed by atoms with Crippen molar-refractivity contribution < 1.29 is 13.9 Å². The molecule has 2 aliphatic rings. The molecule has 4 rings (SSSR count). The fraction of sp³-hybridized carbons (Fsp3) is 0.350. The van der Waals surface area contributed by atoms with Gasteiger partial charge in [-0.3, -0.25) is 4.79 Å². The summed E-state index contributed by atoms with van der Waals surface area (Å²) in [7, 11) is 0. The number of amides is 1. The number of nitrogens with zero attached hydrogens (tertiary/aromatic N) is 2. The molecule has 0 bridgehead atoms. The molecular formula is C20H21FN4O2. The van der Waals surface area contributed by atoms with Gasteiger partial charge < -0.3 is 15.8 Å². The molecule has 0 radical (unpaired) electrons. The standard InChI is InChI=1S/C20H21FN4O2/c21-14-6-13(12-3-4-18-17(8-12)20(22)24-11-23-18)7-15(9-14)25-19(26)10-16-2-1-5-27-16/h4,6-9,11-12,16H,1-3,5,10H2,(H,25,26)(H2,22,23,24). The number of fused-ring (bicyclic) bond motifs is 1. The fourth-order valence-electron chi connectivity index (χ4n) is 3.62. The van der Waals surface area contributed by atoms with E-state index in [0.717, 1.165) is 29.0 Å². The first-order chi connectivity index (χ1) is 13.1. The number of ether oxygens (including phenoxy) is 1. The van der Waals surface area contributed by atoms with Crippen LogP contribution in [0, 0.1) is 5.82 Å². The van der Waals surface area contributed by atoms with E-state index in [9.17, 15) is 9.18 Å². The second-order valence-corrected chi connectivity index (χ2v) is 6.93. The van der Waals surface area contributed by atoms with Crippen LogP contribution in [0.3, 0.4) is 0 Å². The van der Waals surface area contributed by atoms with Crippen molar-refractivity contribution in [1.82, 2.24) is 9.97 Å². The van der Waals surface area contributed by atoms with Crippen molar-refractivity contribution >= 4 is 29.6 Å². The van der Waals surface area contributed by atoms with Crippen LogP contribution in [0.1, 0.15) is 37.2 Å². The van der Waals surface area contributed by atoms with E-state index in [4.69, 9.17) is 10.5 Å². The summed E-state index contributed by atoms with van der Waals surface area (Å²) in [6, 6.07) is 4.61. The number of benzene rings is 1. The summed E-state index contributed by atoms with van der Waals surface area (Å²) in [5.74, 6) is -0.213. The van der Waals surface area contributed by atoms with Crippen LogP contribution in [0.25, 0.3) is 12.2 Å². The third-order valence-corrected chi connectivity index (χ3v) is 4.95. The summed E-state index contributed by atoms with van der Waals surface area (Å²) in [5, 5.41) is 4.34. The molecule has 0 spiro atoms. The maximum absolute atomic E-state index is 14.2. The molecule has 2 unspecified atom stereocenters. The van der Waals surface area contributed by atoms with Gasteiger partial charge in [-0.05, 0) is 43.0 Å². The fourth-order valence-corrected chi connectivity index (χ4v) is 3.62. The number of aromatic nitrogens is 2. The lowest BCUT2D eigenvalue weighted by Gasteiger charge is -2.17. The third kappa shape index (κ3) is 3.98. The van der Waals surface area contributed by atoms with E-state index in [2.05, 4.69) is 15.3 Å². The van der Waals surface area contributed by atoms with E-state index >= 15 is 0 Å². The highest BCUT2D eigenvalue weighted by Gasteiger charge is 2.20. The van der Waals surface area contributed by atoms with E-state index in [1.807, 2.05) is 12.2 Å². The molecule has 2 atom stereocenters. The van der Waals surface area contributed by atoms with E-state index in [1.54, 1.807) is 6.07 Å². The summed E-state index contributed by atoms with van der Waals surface area (Å²) in [5.41, 5.74) is 7.16. The van der Waals surface area contributed by atoms with Gasteiger partial charge in [0.15, 0.2) is 0 Å². The minimum Gasteiger partial charge on any atom is -0.383 e. The molecule has 3 N–H and O–H groups in total. The zero-order valence-corrected chi connectivity index (χ0v) is 14.8. The van der Waals surface area contributed by atoms with Gasteiger partial charge in [0.25, 0.3) is 0 Å². The number of hydrogen-bond donors (Lipinski definition) is 2. The van der Waals surface area contributed by atoms with Crippen LogP contribution in [-0.2, 0) is 9.53 Å². The molecule has 6 nitrogen and oxygen atoms in total. The summed E-state index contributed by atoms with van der Waals surface area (Å²) < 4.78 is 19.6. The molecule has 1 aromatic heterocycles. The summed E-state index contributed by atoms with van der Waals surface area (Å²) in [4.78, 5) is 20.4. The van der Waals surface area contributed by atoms with Crippen LogP contribution >= 0.6 is 0 Å². The Hall–Kier alpha value is -2.80. The van der Waals surface area contributed by atoms with E-state index in [1.165, 1.54) is 18.5 Å².